The van der Waals surface area contributed by atoms with Gasteiger partial charge < -0.3 is 9.47 Å². The average Bonchev–Trinajstić information content (AvgIpc) is 2.73. The standard InChI is InChI=1S/C23H19Cl2NO3/c24-19-7-10-22(21(25)16-19)28-15-1-2-23(27)29-20-8-5-17(6-9-20)3-4-18-11-13-26-14-12-18/h3-14,16H,1-2,15H2/b4-3+. The number of hydrogen-bond acceptors (Lipinski definition) is 4. The summed E-state index contributed by atoms with van der Waals surface area (Å²) in [6, 6.07) is 16.2. The van der Waals surface area contributed by atoms with E-state index in [-0.39, 0.29) is 12.4 Å². The number of carbonyl (C=O) groups is 1. The second-order valence-electron chi connectivity index (χ2n) is 6.18. The predicted molar refractivity (Wildman–Crippen MR) is 116 cm³/mol. The first kappa shape index (κ1) is 20.9. The highest BCUT2D eigenvalue weighted by Gasteiger charge is 2.06. The van der Waals surface area contributed by atoms with E-state index < -0.39 is 0 Å². The summed E-state index contributed by atoms with van der Waals surface area (Å²) in [5.41, 5.74) is 2.08. The molecule has 2 aromatic carbocycles. The molecule has 0 spiro atoms. The maximum atomic E-state index is 12.0. The van der Waals surface area contributed by atoms with Crippen LogP contribution in [-0.4, -0.2) is 17.6 Å². The van der Waals surface area contributed by atoms with Crippen LogP contribution in [0.5, 0.6) is 11.5 Å². The van der Waals surface area contributed by atoms with Crippen molar-refractivity contribution in [1.29, 1.82) is 0 Å². The van der Waals surface area contributed by atoms with Gasteiger partial charge in [-0.05, 0) is 60.0 Å². The fraction of sp³-hybridized carbons (Fsp3) is 0.130. The first-order valence-electron chi connectivity index (χ1n) is 9.07. The molecule has 0 amide bonds. The average molecular weight is 428 g/mol. The Morgan fingerprint density at radius 1 is 0.931 bits per heavy atom. The molecule has 0 radical (unpaired) electrons. The number of nitrogens with zero attached hydrogens (tertiary/aromatic N) is 1. The molecule has 0 N–H and O–H groups in total. The fourth-order valence-corrected chi connectivity index (χ4v) is 2.95. The quantitative estimate of drug-likeness (QED) is 0.239. The maximum Gasteiger partial charge on any atom is 0.311 e. The van der Waals surface area contributed by atoms with Crippen molar-refractivity contribution in [3.05, 3.63) is 88.2 Å². The number of hydrogen-bond donors (Lipinski definition) is 0. The third kappa shape index (κ3) is 6.93. The fourth-order valence-electron chi connectivity index (χ4n) is 2.49. The minimum Gasteiger partial charge on any atom is -0.492 e. The van der Waals surface area contributed by atoms with Crippen LogP contribution < -0.4 is 9.47 Å². The van der Waals surface area contributed by atoms with E-state index in [4.69, 9.17) is 32.7 Å². The minimum atomic E-state index is -0.309. The molecule has 4 nitrogen and oxygen atoms in total. The van der Waals surface area contributed by atoms with Crippen molar-refractivity contribution in [2.75, 3.05) is 6.61 Å². The highest BCUT2D eigenvalue weighted by Crippen LogP contribution is 2.27. The van der Waals surface area contributed by atoms with Gasteiger partial charge in [0.2, 0.25) is 0 Å². The van der Waals surface area contributed by atoms with Crippen LogP contribution in [-0.2, 0) is 4.79 Å². The summed E-state index contributed by atoms with van der Waals surface area (Å²) in [6.45, 7) is 0.356. The van der Waals surface area contributed by atoms with Gasteiger partial charge in [0.1, 0.15) is 11.5 Å². The lowest BCUT2D eigenvalue weighted by Gasteiger charge is -2.08. The second-order valence-corrected chi connectivity index (χ2v) is 7.03. The first-order valence-corrected chi connectivity index (χ1v) is 9.82. The summed E-state index contributed by atoms with van der Waals surface area (Å²) in [6.07, 6.45) is 8.24. The Labute approximate surface area is 179 Å². The number of rotatable bonds is 8. The number of benzene rings is 2. The zero-order chi connectivity index (χ0) is 20.5. The molecule has 3 rings (SSSR count). The van der Waals surface area contributed by atoms with E-state index in [2.05, 4.69) is 4.98 Å². The van der Waals surface area contributed by atoms with E-state index in [1.807, 2.05) is 36.4 Å². The minimum absolute atomic E-state index is 0.245. The third-order valence-corrected chi connectivity index (χ3v) is 4.49. The van der Waals surface area contributed by atoms with E-state index in [9.17, 15) is 4.79 Å². The van der Waals surface area contributed by atoms with Crippen LogP contribution in [0.1, 0.15) is 24.0 Å². The summed E-state index contributed by atoms with van der Waals surface area (Å²) < 4.78 is 10.9. The van der Waals surface area contributed by atoms with Crippen LogP contribution in [0.4, 0.5) is 0 Å². The smallest absolute Gasteiger partial charge is 0.311 e. The van der Waals surface area contributed by atoms with E-state index in [1.54, 1.807) is 42.7 Å². The van der Waals surface area contributed by atoms with Gasteiger partial charge >= 0.3 is 5.97 Å². The molecule has 0 aliphatic carbocycles. The summed E-state index contributed by atoms with van der Waals surface area (Å²) in [5, 5.41) is 0.989. The van der Waals surface area contributed by atoms with Gasteiger partial charge in [-0.25, -0.2) is 0 Å². The number of esters is 1. The van der Waals surface area contributed by atoms with Gasteiger partial charge in [-0.2, -0.15) is 0 Å². The summed E-state index contributed by atoms with van der Waals surface area (Å²) >= 11 is 11.9. The molecule has 29 heavy (non-hydrogen) atoms. The Morgan fingerprint density at radius 3 is 2.31 bits per heavy atom. The molecule has 0 bridgehead atoms. The number of halogens is 2. The van der Waals surface area contributed by atoms with Crippen LogP contribution in [0, 0.1) is 0 Å². The summed E-state index contributed by atoms with van der Waals surface area (Å²) in [7, 11) is 0. The lowest BCUT2D eigenvalue weighted by Crippen LogP contribution is -2.10. The van der Waals surface area contributed by atoms with E-state index in [0.29, 0.717) is 34.6 Å². The van der Waals surface area contributed by atoms with Crippen molar-refractivity contribution in [2.45, 2.75) is 12.8 Å². The Morgan fingerprint density at radius 2 is 1.62 bits per heavy atom. The Balaban J connectivity index is 1.41. The van der Waals surface area contributed by atoms with Crippen LogP contribution in [0.15, 0.2) is 67.0 Å². The lowest BCUT2D eigenvalue weighted by atomic mass is 10.1. The molecular formula is C23H19Cl2NO3. The molecule has 0 unspecified atom stereocenters. The predicted octanol–water partition coefficient (Wildman–Crippen LogP) is 6.32. The molecule has 0 saturated carbocycles. The van der Waals surface area contributed by atoms with E-state index in [0.717, 1.165) is 11.1 Å². The van der Waals surface area contributed by atoms with Crippen molar-refractivity contribution in [3.63, 3.8) is 0 Å². The van der Waals surface area contributed by atoms with E-state index >= 15 is 0 Å². The first-order chi connectivity index (χ1) is 14.1. The summed E-state index contributed by atoms with van der Waals surface area (Å²) in [4.78, 5) is 16.0. The monoisotopic (exact) mass is 427 g/mol. The van der Waals surface area contributed by atoms with Gasteiger partial charge in [-0.3, -0.25) is 9.78 Å². The molecular weight excluding hydrogens is 409 g/mol. The Kier molecular flexibility index (Phi) is 7.68. The Hall–Kier alpha value is -2.82. The van der Waals surface area contributed by atoms with Crippen molar-refractivity contribution in [3.8, 4) is 11.5 Å². The molecule has 0 fully saturated rings. The van der Waals surface area contributed by atoms with Gasteiger partial charge in [0, 0.05) is 23.8 Å². The van der Waals surface area contributed by atoms with Crippen molar-refractivity contribution >= 4 is 41.3 Å². The van der Waals surface area contributed by atoms with Gasteiger partial charge in [-0.15, -0.1) is 0 Å². The van der Waals surface area contributed by atoms with Gasteiger partial charge in [-0.1, -0.05) is 47.5 Å². The topological polar surface area (TPSA) is 48.4 Å². The highest BCUT2D eigenvalue weighted by molar-refractivity contribution is 6.35. The third-order valence-electron chi connectivity index (χ3n) is 3.96. The highest BCUT2D eigenvalue weighted by atomic mass is 35.5. The molecule has 0 aliphatic rings. The Bertz CT molecular complexity index is 973. The maximum absolute atomic E-state index is 12.0. The number of ether oxygens (including phenoxy) is 2. The van der Waals surface area contributed by atoms with Gasteiger partial charge in [0.05, 0.1) is 11.6 Å². The second kappa shape index (κ2) is 10.6. The van der Waals surface area contributed by atoms with Crippen molar-refractivity contribution < 1.29 is 14.3 Å². The number of aromatic nitrogens is 1. The van der Waals surface area contributed by atoms with Gasteiger partial charge in [0.15, 0.2) is 0 Å². The normalized spacial score (nSPS) is 10.8. The van der Waals surface area contributed by atoms with Gasteiger partial charge in [0.25, 0.3) is 0 Å². The molecule has 1 heterocycles. The largest absolute Gasteiger partial charge is 0.492 e. The van der Waals surface area contributed by atoms with Crippen molar-refractivity contribution in [1.82, 2.24) is 4.98 Å². The molecule has 6 heteroatoms. The molecule has 0 aliphatic heterocycles. The molecule has 148 valence electrons. The number of carbonyl (C=O) groups excluding carboxylic acids is 1. The molecule has 0 atom stereocenters. The number of pyridine rings is 1. The van der Waals surface area contributed by atoms with Crippen molar-refractivity contribution in [2.24, 2.45) is 0 Å². The molecule has 3 aromatic rings. The lowest BCUT2D eigenvalue weighted by molar-refractivity contribution is -0.134. The van der Waals surface area contributed by atoms with Crippen LogP contribution in [0.2, 0.25) is 10.0 Å². The zero-order valence-corrected chi connectivity index (χ0v) is 17.1. The SMILES string of the molecule is O=C(CCCOc1ccc(Cl)cc1Cl)Oc1ccc(/C=C/c2ccncc2)cc1. The van der Waals surface area contributed by atoms with Crippen LogP contribution >= 0.6 is 23.2 Å². The van der Waals surface area contributed by atoms with E-state index in [1.165, 1.54) is 0 Å². The van der Waals surface area contributed by atoms with Crippen LogP contribution in [0.25, 0.3) is 12.2 Å². The zero-order valence-electron chi connectivity index (χ0n) is 15.6. The summed E-state index contributed by atoms with van der Waals surface area (Å²) in [5.74, 6) is 0.744. The molecule has 0 saturated heterocycles. The van der Waals surface area contributed by atoms with Crippen LogP contribution in [0.3, 0.4) is 0 Å². The molecule has 1 aromatic heterocycles.